The zero-order chi connectivity index (χ0) is 12.3. The molecule has 1 saturated heterocycles. The van der Waals surface area contributed by atoms with Crippen LogP contribution < -0.4 is 10.5 Å². The molecule has 0 aromatic carbocycles. The molecule has 0 aliphatic carbocycles. The van der Waals surface area contributed by atoms with Gasteiger partial charge in [0, 0.05) is 36.8 Å². The van der Waals surface area contributed by atoms with Crippen molar-refractivity contribution in [3.63, 3.8) is 0 Å². The minimum absolute atomic E-state index is 0.0557. The van der Waals surface area contributed by atoms with Crippen LogP contribution in [0.3, 0.4) is 0 Å². The number of aromatic amines is 1. The molecule has 0 radical (unpaired) electrons. The van der Waals surface area contributed by atoms with Crippen LogP contribution in [-0.2, 0) is 4.79 Å². The first kappa shape index (κ1) is 11.2. The number of carbonyl (C=O) groups is 1. The van der Waals surface area contributed by atoms with Crippen LogP contribution in [0.2, 0.25) is 0 Å². The Labute approximate surface area is 95.9 Å². The van der Waals surface area contributed by atoms with Gasteiger partial charge in [0.2, 0.25) is 11.7 Å². The Morgan fingerprint density at radius 2 is 2.47 bits per heavy atom. The van der Waals surface area contributed by atoms with Crippen molar-refractivity contribution in [2.75, 3.05) is 18.0 Å². The number of aromatic nitrogens is 2. The maximum Gasteiger partial charge on any atom is 0.291 e. The predicted molar refractivity (Wildman–Crippen MR) is 59.3 cm³/mol. The van der Waals surface area contributed by atoms with Crippen molar-refractivity contribution < 1.29 is 4.79 Å². The number of amides is 1. The average Bonchev–Trinajstić information content (AvgIpc) is 2.68. The fourth-order valence-electron chi connectivity index (χ4n) is 1.80. The van der Waals surface area contributed by atoms with Gasteiger partial charge in [-0.05, 0) is 11.4 Å². The van der Waals surface area contributed by atoms with Gasteiger partial charge in [0.25, 0.3) is 5.56 Å². The zero-order valence-corrected chi connectivity index (χ0v) is 8.91. The quantitative estimate of drug-likeness (QED) is 0.464. The van der Waals surface area contributed by atoms with Crippen molar-refractivity contribution in [3.8, 4) is 0 Å². The molecule has 17 heavy (non-hydrogen) atoms. The van der Waals surface area contributed by atoms with E-state index in [4.69, 9.17) is 5.53 Å². The lowest BCUT2D eigenvalue weighted by Crippen LogP contribution is -2.31. The first-order valence-electron chi connectivity index (χ1n) is 5.07. The molecule has 1 N–H and O–H groups in total. The van der Waals surface area contributed by atoms with Crippen LogP contribution in [0.4, 0.5) is 5.82 Å². The molecule has 2 heterocycles. The van der Waals surface area contributed by atoms with Crippen molar-refractivity contribution in [2.45, 2.75) is 6.42 Å². The van der Waals surface area contributed by atoms with Gasteiger partial charge in [-0.1, -0.05) is 5.11 Å². The summed E-state index contributed by atoms with van der Waals surface area (Å²) in [4.78, 5) is 33.5. The summed E-state index contributed by atoms with van der Waals surface area (Å²) in [6, 6.07) is 0. The number of anilines is 1. The Kier molecular flexibility index (Phi) is 3.06. The number of azide groups is 1. The first-order valence-corrected chi connectivity index (χ1v) is 5.07. The van der Waals surface area contributed by atoms with Crippen molar-refractivity contribution in [1.29, 1.82) is 0 Å². The molecule has 8 heteroatoms. The van der Waals surface area contributed by atoms with Gasteiger partial charge in [-0.3, -0.25) is 14.5 Å². The largest absolute Gasteiger partial charge is 0.324 e. The lowest BCUT2D eigenvalue weighted by molar-refractivity contribution is -0.117. The normalized spacial score (nSPS) is 19.2. The Morgan fingerprint density at radius 3 is 3.18 bits per heavy atom. The molecule has 0 saturated carbocycles. The number of nitrogens with one attached hydrogen (secondary N) is 1. The molecule has 8 nitrogen and oxygen atoms in total. The monoisotopic (exact) mass is 234 g/mol. The van der Waals surface area contributed by atoms with E-state index in [0.717, 1.165) is 0 Å². The van der Waals surface area contributed by atoms with E-state index < -0.39 is 5.56 Å². The maximum absolute atomic E-state index is 11.7. The maximum atomic E-state index is 11.7. The summed E-state index contributed by atoms with van der Waals surface area (Å²) in [7, 11) is 0. The highest BCUT2D eigenvalue weighted by molar-refractivity contribution is 5.94. The Bertz CT molecular complexity index is 532. The van der Waals surface area contributed by atoms with Gasteiger partial charge in [0.05, 0.1) is 0 Å². The van der Waals surface area contributed by atoms with Crippen molar-refractivity contribution >= 4 is 11.7 Å². The highest BCUT2D eigenvalue weighted by Crippen LogP contribution is 2.21. The number of hydrogen-bond acceptors (Lipinski definition) is 4. The van der Waals surface area contributed by atoms with Gasteiger partial charge < -0.3 is 4.98 Å². The zero-order valence-electron chi connectivity index (χ0n) is 8.91. The predicted octanol–water partition coefficient (Wildman–Crippen LogP) is 0.433. The molecule has 1 aliphatic rings. The molecular weight excluding hydrogens is 224 g/mol. The molecule has 1 amide bonds. The van der Waals surface area contributed by atoms with E-state index >= 15 is 0 Å². The number of nitrogens with zero attached hydrogens (tertiary/aromatic N) is 5. The summed E-state index contributed by atoms with van der Waals surface area (Å²) < 4.78 is 0. The number of hydrogen-bond donors (Lipinski definition) is 1. The minimum atomic E-state index is -0.398. The number of H-pyrrole nitrogens is 1. The van der Waals surface area contributed by atoms with E-state index in [9.17, 15) is 9.59 Å². The summed E-state index contributed by atoms with van der Waals surface area (Å²) in [6.45, 7) is 0.613. The Morgan fingerprint density at radius 1 is 1.65 bits per heavy atom. The topological polar surface area (TPSA) is 115 Å². The third kappa shape index (κ3) is 2.26. The van der Waals surface area contributed by atoms with E-state index in [2.05, 4.69) is 20.0 Å². The molecule has 0 bridgehead atoms. The molecular formula is C9H10N6O2. The lowest BCUT2D eigenvalue weighted by Gasteiger charge is -2.13. The lowest BCUT2D eigenvalue weighted by atomic mass is 10.1. The molecule has 1 aliphatic heterocycles. The van der Waals surface area contributed by atoms with Crippen molar-refractivity contribution in [1.82, 2.24) is 9.97 Å². The smallest absolute Gasteiger partial charge is 0.291 e. The van der Waals surface area contributed by atoms with Gasteiger partial charge in [-0.2, -0.15) is 0 Å². The highest BCUT2D eigenvalue weighted by Gasteiger charge is 2.32. The Balaban J connectivity index is 2.19. The Hall–Kier alpha value is -2.34. The van der Waals surface area contributed by atoms with E-state index in [1.807, 2.05) is 0 Å². The second-order valence-electron chi connectivity index (χ2n) is 3.73. The highest BCUT2D eigenvalue weighted by atomic mass is 16.2. The SMILES string of the molecule is [N-]=[N+]=NCC1CC(=O)N(c2ncc[nH]c2=O)C1. The summed E-state index contributed by atoms with van der Waals surface area (Å²) in [5.74, 6) is -0.131. The van der Waals surface area contributed by atoms with Gasteiger partial charge in [-0.15, -0.1) is 0 Å². The molecule has 1 unspecified atom stereocenters. The summed E-state index contributed by atoms with van der Waals surface area (Å²) in [5, 5.41) is 3.43. The molecule has 88 valence electrons. The van der Waals surface area contributed by atoms with Gasteiger partial charge in [0.1, 0.15) is 0 Å². The third-order valence-electron chi connectivity index (χ3n) is 2.55. The van der Waals surface area contributed by atoms with E-state index in [1.54, 1.807) is 0 Å². The standard InChI is InChI=1S/C9H10N6O2/c10-14-13-4-6-3-7(16)15(5-6)8-9(17)12-2-1-11-8/h1-2,6H,3-5H2,(H,12,17). The molecule has 1 aromatic heterocycles. The van der Waals surface area contributed by atoms with Crippen LogP contribution in [0.1, 0.15) is 6.42 Å². The van der Waals surface area contributed by atoms with E-state index in [0.29, 0.717) is 6.54 Å². The van der Waals surface area contributed by atoms with E-state index in [1.165, 1.54) is 17.3 Å². The van der Waals surface area contributed by atoms with Crippen LogP contribution in [0.15, 0.2) is 22.3 Å². The van der Waals surface area contributed by atoms with Gasteiger partial charge >= 0.3 is 0 Å². The minimum Gasteiger partial charge on any atom is -0.324 e. The number of carbonyl (C=O) groups excluding carboxylic acids is 1. The van der Waals surface area contributed by atoms with Crippen LogP contribution >= 0.6 is 0 Å². The van der Waals surface area contributed by atoms with Gasteiger partial charge in [-0.25, -0.2) is 4.98 Å². The second-order valence-corrected chi connectivity index (χ2v) is 3.73. The fraction of sp³-hybridized carbons (Fsp3) is 0.444. The average molecular weight is 234 g/mol. The summed E-state index contributed by atoms with van der Waals surface area (Å²) in [6.07, 6.45) is 3.10. The molecule has 1 aromatic rings. The summed E-state index contributed by atoms with van der Waals surface area (Å²) in [5.41, 5.74) is 7.81. The molecule has 1 atom stereocenters. The number of rotatable bonds is 3. The molecule has 2 rings (SSSR count). The van der Waals surface area contributed by atoms with E-state index in [-0.39, 0.29) is 30.6 Å². The second kappa shape index (κ2) is 4.67. The van der Waals surface area contributed by atoms with Gasteiger partial charge in [0.15, 0.2) is 0 Å². The van der Waals surface area contributed by atoms with Crippen LogP contribution in [0.25, 0.3) is 10.4 Å². The van der Waals surface area contributed by atoms with Crippen molar-refractivity contribution in [2.24, 2.45) is 11.0 Å². The molecule has 1 fully saturated rings. The first-order chi connectivity index (χ1) is 8.22. The van der Waals surface area contributed by atoms with Crippen LogP contribution in [0, 0.1) is 5.92 Å². The molecule has 0 spiro atoms. The van der Waals surface area contributed by atoms with Crippen molar-refractivity contribution in [3.05, 3.63) is 33.2 Å². The van der Waals surface area contributed by atoms with Crippen LogP contribution in [0.5, 0.6) is 0 Å². The summed E-state index contributed by atoms with van der Waals surface area (Å²) >= 11 is 0. The third-order valence-corrected chi connectivity index (χ3v) is 2.55. The van der Waals surface area contributed by atoms with Crippen LogP contribution in [-0.4, -0.2) is 29.0 Å². The fourth-order valence-corrected chi connectivity index (χ4v) is 1.80.